The first-order valence-corrected chi connectivity index (χ1v) is 51.3. The number of hydrogen-bond acceptors (Lipinski definition) is 3. The number of fused-ring (bicyclic) bond motifs is 18. The number of hydrogen-bond donors (Lipinski definition) is 0. The van der Waals surface area contributed by atoms with E-state index in [1.54, 1.807) is 0 Å². The van der Waals surface area contributed by atoms with E-state index < -0.39 is 0 Å². The maximum absolute atomic E-state index is 6.37. The zero-order valence-electron chi connectivity index (χ0n) is 81.8. The maximum atomic E-state index is 6.37. The molecule has 0 aliphatic carbocycles. The molecule has 0 spiro atoms. The highest BCUT2D eigenvalue weighted by Crippen LogP contribution is 2.48. The van der Waals surface area contributed by atoms with E-state index in [1.165, 1.54) is 171 Å². The minimum atomic E-state index is 0.912. The summed E-state index contributed by atoms with van der Waals surface area (Å²) >= 11 is 0. The Bertz CT molecular complexity index is 10100. The molecule has 0 radical (unpaired) electrons. The lowest BCUT2D eigenvalue weighted by Gasteiger charge is -2.15. The monoisotopic (exact) mass is 1910 g/mol. The molecular weight excluding hydrogens is 1820 g/mol. The molecule has 6 heteroatoms. The Labute approximate surface area is 866 Å². The molecule has 0 fully saturated rings. The predicted molar refractivity (Wildman–Crippen MR) is 629 cm³/mol. The van der Waals surface area contributed by atoms with E-state index >= 15 is 0 Å². The van der Waals surface area contributed by atoms with Gasteiger partial charge in [0.05, 0.1) is 50.2 Å². The molecular formula is C144H93N3O3. The van der Waals surface area contributed by atoms with Crippen LogP contribution >= 0.6 is 0 Å². The molecule has 24 aromatic carbocycles. The number of benzene rings is 24. The van der Waals surface area contributed by atoms with Crippen LogP contribution in [0.25, 0.3) is 282 Å². The van der Waals surface area contributed by atoms with Crippen molar-refractivity contribution in [3.63, 3.8) is 0 Å². The predicted octanol–water partition coefficient (Wildman–Crippen LogP) is 40.1. The number of para-hydroxylation sites is 7. The fraction of sp³-hybridized carbons (Fsp3) is 0. The van der Waals surface area contributed by atoms with Crippen molar-refractivity contribution in [2.24, 2.45) is 0 Å². The molecule has 0 atom stereocenters. The Morgan fingerprint density at radius 1 is 0.107 bits per heavy atom. The van der Waals surface area contributed by atoms with Gasteiger partial charge in [-0.05, 0) is 245 Å². The normalized spacial score (nSPS) is 11.6. The SMILES string of the molecule is c1ccc(-c2ccc3c(c2)c2cc(-c4ccccc4)ccc2n3-c2ccccc2-c2ccc(-c3ccc4c(c3)oc3ccccc34)cc2)cc1.c1ccc(-c2ccc3c(c2)c2cc(-c4ccccc4)ccc2n3-c2ccccc2-c2ccc(-c3ccc4oc5ccccc5c4c3)cc2)cc1.c1ccc(-c2ccc3c(c2)c2cc(-c4ccccc4)ccc2n3-c2ccccc2-c2ccc(-c3cccc4c3oc3ccccc34)cc2)cc1. The standard InChI is InChI=1S/3C48H31NO/c1-3-12-32(13-4-1)36-26-28-45-42(30-36)43-31-37(33-14-5-2-6-15-33)27-29-46(43)49(45)44-20-9-7-16-38(44)34-22-24-35(25-23-34)39-18-11-19-41-40-17-8-10-21-47(40)50-48(39)41;1-3-11-32(12-4-1)36-24-27-45-42(29-36)43-30-37(33-13-5-2-6-14-33)25-28-46(43)49(45)44-17-9-7-15-39(44)35-21-19-34(20-22-35)38-23-26-41-40-16-8-10-18-47(40)50-48(41)31-38;1-3-11-32(12-4-1)36-23-26-45-41(29-36)42-30-37(33-13-5-2-6-14-33)24-27-46(42)49(45)44-17-9-7-15-39(44)35-21-19-34(20-22-35)38-25-28-48-43(31-38)40-16-8-10-18-47(40)50-48/h3*1-31H. The Morgan fingerprint density at radius 3 is 0.653 bits per heavy atom. The zero-order chi connectivity index (χ0) is 99.1. The van der Waals surface area contributed by atoms with Gasteiger partial charge in [-0.15, -0.1) is 0 Å². The second kappa shape index (κ2) is 37.4. The molecule has 6 aromatic heterocycles. The number of aromatic nitrogens is 3. The van der Waals surface area contributed by atoms with Gasteiger partial charge >= 0.3 is 0 Å². The van der Waals surface area contributed by atoms with Crippen LogP contribution in [0, 0.1) is 0 Å². The molecule has 6 nitrogen and oxygen atoms in total. The van der Waals surface area contributed by atoms with Gasteiger partial charge in [0, 0.05) is 86.9 Å². The van der Waals surface area contributed by atoms with Crippen LogP contribution in [-0.4, -0.2) is 13.7 Å². The summed E-state index contributed by atoms with van der Waals surface area (Å²) in [6, 6.07) is 203. The van der Waals surface area contributed by atoms with Crippen LogP contribution in [0.5, 0.6) is 0 Å². The van der Waals surface area contributed by atoms with Crippen molar-refractivity contribution < 1.29 is 13.3 Å². The Morgan fingerprint density at radius 2 is 0.313 bits per heavy atom. The second-order valence-corrected chi connectivity index (χ2v) is 38.8. The van der Waals surface area contributed by atoms with Crippen molar-refractivity contribution in [3.8, 4) is 151 Å². The molecule has 0 aliphatic heterocycles. The lowest BCUT2D eigenvalue weighted by Crippen LogP contribution is -1.97. The maximum Gasteiger partial charge on any atom is 0.143 e. The highest BCUT2D eigenvalue weighted by molar-refractivity contribution is 6.17. The molecule has 0 bridgehead atoms. The van der Waals surface area contributed by atoms with Gasteiger partial charge in [-0.1, -0.05) is 431 Å². The third-order valence-corrected chi connectivity index (χ3v) is 30.1. The summed E-state index contributed by atoms with van der Waals surface area (Å²) in [4.78, 5) is 0. The van der Waals surface area contributed by atoms with Gasteiger partial charge in [-0.2, -0.15) is 0 Å². The van der Waals surface area contributed by atoms with E-state index in [0.717, 1.165) is 111 Å². The third kappa shape index (κ3) is 15.8. The Kier molecular flexibility index (Phi) is 21.9. The van der Waals surface area contributed by atoms with Gasteiger partial charge < -0.3 is 27.0 Å². The van der Waals surface area contributed by atoms with Crippen LogP contribution in [0.2, 0.25) is 0 Å². The summed E-state index contributed by atoms with van der Waals surface area (Å²) in [5.41, 5.74) is 44.7. The highest BCUT2D eigenvalue weighted by Gasteiger charge is 2.25. The first kappa shape index (κ1) is 87.8. The fourth-order valence-electron chi connectivity index (χ4n) is 22.7. The third-order valence-electron chi connectivity index (χ3n) is 30.1. The van der Waals surface area contributed by atoms with Crippen molar-refractivity contribution >= 4 is 131 Å². The van der Waals surface area contributed by atoms with Crippen LogP contribution < -0.4 is 0 Å². The summed E-state index contributed by atoms with van der Waals surface area (Å²) in [6.07, 6.45) is 0. The lowest BCUT2D eigenvalue weighted by atomic mass is 9.98. The molecule has 30 aromatic rings. The van der Waals surface area contributed by atoms with Crippen LogP contribution in [0.4, 0.5) is 0 Å². The van der Waals surface area contributed by atoms with Gasteiger partial charge in [0.2, 0.25) is 0 Å². The zero-order valence-corrected chi connectivity index (χ0v) is 81.8. The largest absolute Gasteiger partial charge is 0.456 e. The summed E-state index contributed by atoms with van der Waals surface area (Å²) in [5.74, 6) is 0. The molecule has 150 heavy (non-hydrogen) atoms. The second-order valence-electron chi connectivity index (χ2n) is 38.8. The van der Waals surface area contributed by atoms with Crippen molar-refractivity contribution in [1.82, 2.24) is 13.7 Å². The van der Waals surface area contributed by atoms with Crippen molar-refractivity contribution in [1.29, 1.82) is 0 Å². The molecule has 0 saturated heterocycles. The number of furan rings is 3. The minimum Gasteiger partial charge on any atom is -0.456 e. The van der Waals surface area contributed by atoms with Crippen LogP contribution in [0.3, 0.4) is 0 Å². The highest BCUT2D eigenvalue weighted by atomic mass is 16.3. The summed E-state index contributed by atoms with van der Waals surface area (Å²) in [7, 11) is 0. The Balaban J connectivity index is 0.000000108. The number of nitrogens with zero attached hydrogens (tertiary/aromatic N) is 3. The van der Waals surface area contributed by atoms with E-state index in [9.17, 15) is 0 Å². The van der Waals surface area contributed by atoms with Crippen LogP contribution in [0.15, 0.2) is 577 Å². The van der Waals surface area contributed by atoms with Crippen LogP contribution in [-0.2, 0) is 0 Å². The summed E-state index contributed by atoms with van der Waals surface area (Å²) in [6.45, 7) is 0. The minimum absolute atomic E-state index is 0.912. The van der Waals surface area contributed by atoms with Gasteiger partial charge in [0.25, 0.3) is 0 Å². The van der Waals surface area contributed by atoms with Crippen molar-refractivity contribution in [2.45, 2.75) is 0 Å². The molecule has 702 valence electrons. The summed E-state index contributed by atoms with van der Waals surface area (Å²) < 4.78 is 26.0. The van der Waals surface area contributed by atoms with Gasteiger partial charge in [-0.3, -0.25) is 0 Å². The molecule has 0 saturated carbocycles. The Hall–Kier alpha value is -19.9. The quantitative estimate of drug-likeness (QED) is 0.103. The van der Waals surface area contributed by atoms with E-state index in [0.29, 0.717) is 0 Å². The van der Waals surface area contributed by atoms with Crippen molar-refractivity contribution in [3.05, 3.63) is 564 Å². The lowest BCUT2D eigenvalue weighted by molar-refractivity contribution is 0.668. The van der Waals surface area contributed by atoms with E-state index in [2.05, 4.69) is 541 Å². The molecule has 6 heterocycles. The van der Waals surface area contributed by atoms with Crippen molar-refractivity contribution in [2.75, 3.05) is 0 Å². The first-order valence-electron chi connectivity index (χ1n) is 51.3. The van der Waals surface area contributed by atoms with Gasteiger partial charge in [0.1, 0.15) is 33.5 Å². The number of rotatable bonds is 15. The molecule has 0 amide bonds. The molecule has 30 rings (SSSR count). The molecule has 0 N–H and O–H groups in total. The van der Waals surface area contributed by atoms with E-state index in [4.69, 9.17) is 13.3 Å². The molecule has 0 aliphatic rings. The van der Waals surface area contributed by atoms with Gasteiger partial charge in [-0.25, -0.2) is 0 Å². The molecule has 0 unspecified atom stereocenters. The topological polar surface area (TPSA) is 54.2 Å². The summed E-state index contributed by atoms with van der Waals surface area (Å²) in [5, 5.41) is 14.3. The van der Waals surface area contributed by atoms with E-state index in [-0.39, 0.29) is 0 Å². The van der Waals surface area contributed by atoms with Crippen LogP contribution in [0.1, 0.15) is 0 Å². The average Bonchev–Trinajstić information content (AvgIpc) is 1.58. The van der Waals surface area contributed by atoms with E-state index in [1.807, 2.05) is 36.4 Å². The van der Waals surface area contributed by atoms with Gasteiger partial charge in [0.15, 0.2) is 0 Å². The first-order chi connectivity index (χ1) is 74.4. The smallest absolute Gasteiger partial charge is 0.143 e. The fourth-order valence-corrected chi connectivity index (χ4v) is 22.7. The average molecular weight is 1910 g/mol.